The Kier molecular flexibility index (Phi) is 5.79. The third kappa shape index (κ3) is 4.36. The van der Waals surface area contributed by atoms with Crippen LogP contribution in [0.2, 0.25) is 0 Å². The Morgan fingerprint density at radius 1 is 1.25 bits per heavy atom. The zero-order valence-corrected chi connectivity index (χ0v) is 13.5. The largest absolute Gasteiger partial charge is 0.478 e. The molecule has 20 heavy (non-hydrogen) atoms. The van der Waals surface area contributed by atoms with E-state index in [0.717, 1.165) is 18.4 Å². The van der Waals surface area contributed by atoms with Crippen molar-refractivity contribution in [1.29, 1.82) is 0 Å². The van der Waals surface area contributed by atoms with E-state index in [1.54, 1.807) is 6.07 Å². The fourth-order valence-electron chi connectivity index (χ4n) is 2.49. The fraction of sp³-hybridized carbons (Fsp3) is 0.611. The molecule has 1 rings (SSSR count). The summed E-state index contributed by atoms with van der Waals surface area (Å²) in [6.45, 7) is 10.8. The van der Waals surface area contributed by atoms with E-state index in [9.17, 15) is 9.90 Å². The molecule has 0 aromatic heterocycles. The van der Waals surface area contributed by atoms with Gasteiger partial charge >= 0.3 is 5.97 Å². The summed E-state index contributed by atoms with van der Waals surface area (Å²) < 4.78 is 0. The van der Waals surface area contributed by atoms with Gasteiger partial charge in [-0.05, 0) is 34.9 Å². The average Bonchev–Trinajstić information content (AvgIpc) is 2.37. The highest BCUT2D eigenvalue weighted by Crippen LogP contribution is 2.30. The van der Waals surface area contributed by atoms with Gasteiger partial charge in [-0.15, -0.1) is 0 Å². The number of hydrogen-bond acceptors (Lipinski definition) is 1. The predicted octanol–water partition coefficient (Wildman–Crippen LogP) is 5.37. The molecule has 0 radical (unpaired) electrons. The quantitative estimate of drug-likeness (QED) is 0.709. The molecule has 1 aromatic rings. The van der Waals surface area contributed by atoms with Crippen LogP contribution in [0.5, 0.6) is 0 Å². The van der Waals surface area contributed by atoms with Crippen LogP contribution in [0.15, 0.2) is 18.2 Å². The predicted molar refractivity (Wildman–Crippen MR) is 84.7 cm³/mol. The van der Waals surface area contributed by atoms with Crippen LogP contribution < -0.4 is 0 Å². The van der Waals surface area contributed by atoms with Gasteiger partial charge in [0.25, 0.3) is 0 Å². The van der Waals surface area contributed by atoms with Crippen LogP contribution in [-0.2, 0) is 5.41 Å². The van der Waals surface area contributed by atoms with Gasteiger partial charge in [0.1, 0.15) is 0 Å². The number of rotatable bonds is 6. The lowest BCUT2D eigenvalue weighted by Crippen LogP contribution is -2.14. The maximum Gasteiger partial charge on any atom is 0.335 e. The summed E-state index contributed by atoms with van der Waals surface area (Å²) in [5, 5.41) is 9.38. The smallest absolute Gasteiger partial charge is 0.335 e. The van der Waals surface area contributed by atoms with Gasteiger partial charge in [-0.3, -0.25) is 0 Å². The van der Waals surface area contributed by atoms with Crippen molar-refractivity contribution in [1.82, 2.24) is 0 Å². The lowest BCUT2D eigenvalue weighted by atomic mass is 9.82. The van der Waals surface area contributed by atoms with Crippen molar-refractivity contribution < 1.29 is 9.90 Å². The summed E-state index contributed by atoms with van der Waals surface area (Å²) in [5.41, 5.74) is 2.71. The van der Waals surface area contributed by atoms with Crippen molar-refractivity contribution in [3.05, 3.63) is 34.9 Å². The first-order valence-corrected chi connectivity index (χ1v) is 7.65. The minimum atomic E-state index is -0.817. The van der Waals surface area contributed by atoms with E-state index in [2.05, 4.69) is 40.7 Å². The van der Waals surface area contributed by atoms with Crippen LogP contribution >= 0.6 is 0 Å². The highest BCUT2D eigenvalue weighted by Gasteiger charge is 2.20. The number of carbonyl (C=O) groups is 1. The first-order chi connectivity index (χ1) is 9.27. The molecule has 0 aliphatic carbocycles. The SMILES string of the molecule is CCCCCC(C)c1cc(C(C)(C)C)ccc1C(=O)O. The molecule has 0 amide bonds. The van der Waals surface area contributed by atoms with E-state index >= 15 is 0 Å². The van der Waals surface area contributed by atoms with Crippen molar-refractivity contribution in [2.45, 2.75) is 71.6 Å². The van der Waals surface area contributed by atoms with Crippen molar-refractivity contribution in [3.8, 4) is 0 Å². The molecular weight excluding hydrogens is 248 g/mol. The van der Waals surface area contributed by atoms with E-state index in [-0.39, 0.29) is 5.41 Å². The number of hydrogen-bond donors (Lipinski definition) is 1. The summed E-state index contributed by atoms with van der Waals surface area (Å²) in [6, 6.07) is 5.82. The molecule has 1 unspecified atom stereocenters. The Balaban J connectivity index is 3.08. The Hall–Kier alpha value is -1.31. The van der Waals surface area contributed by atoms with Gasteiger partial charge in [-0.25, -0.2) is 4.79 Å². The van der Waals surface area contributed by atoms with E-state index in [0.29, 0.717) is 11.5 Å². The number of benzene rings is 1. The Bertz CT molecular complexity index is 455. The third-order valence-electron chi connectivity index (χ3n) is 3.92. The monoisotopic (exact) mass is 276 g/mol. The number of unbranched alkanes of at least 4 members (excludes halogenated alkanes) is 2. The molecule has 1 aromatic carbocycles. The molecule has 112 valence electrons. The minimum Gasteiger partial charge on any atom is -0.478 e. The van der Waals surface area contributed by atoms with Crippen LogP contribution in [0.3, 0.4) is 0 Å². The number of carboxylic acid groups (broad SMARTS) is 1. The Morgan fingerprint density at radius 2 is 1.90 bits per heavy atom. The van der Waals surface area contributed by atoms with Gasteiger partial charge in [0, 0.05) is 0 Å². The third-order valence-corrected chi connectivity index (χ3v) is 3.92. The van der Waals surface area contributed by atoms with Crippen LogP contribution in [0.1, 0.15) is 87.7 Å². The van der Waals surface area contributed by atoms with Gasteiger partial charge in [0.05, 0.1) is 5.56 Å². The maximum absolute atomic E-state index is 11.4. The second-order valence-corrected chi connectivity index (χ2v) is 6.75. The second kappa shape index (κ2) is 6.92. The highest BCUT2D eigenvalue weighted by atomic mass is 16.4. The molecular formula is C18H28O2. The molecule has 2 heteroatoms. The van der Waals surface area contributed by atoms with Crippen molar-refractivity contribution in [2.75, 3.05) is 0 Å². The van der Waals surface area contributed by atoms with Crippen LogP contribution in [0, 0.1) is 0 Å². The molecule has 0 bridgehead atoms. The number of aromatic carboxylic acids is 1. The minimum absolute atomic E-state index is 0.0505. The molecule has 0 spiro atoms. The molecule has 1 N–H and O–H groups in total. The van der Waals surface area contributed by atoms with E-state index in [1.165, 1.54) is 18.4 Å². The van der Waals surface area contributed by atoms with Gasteiger partial charge in [-0.1, -0.05) is 66.0 Å². The Morgan fingerprint density at radius 3 is 2.40 bits per heavy atom. The summed E-state index contributed by atoms with van der Waals surface area (Å²) in [6.07, 6.45) is 4.63. The fourth-order valence-corrected chi connectivity index (χ4v) is 2.49. The summed E-state index contributed by atoms with van der Waals surface area (Å²) in [4.78, 5) is 11.4. The maximum atomic E-state index is 11.4. The number of carboxylic acids is 1. The second-order valence-electron chi connectivity index (χ2n) is 6.75. The van der Waals surface area contributed by atoms with Gasteiger partial charge < -0.3 is 5.11 Å². The zero-order valence-electron chi connectivity index (χ0n) is 13.5. The zero-order chi connectivity index (χ0) is 15.3. The Labute approximate surface area is 123 Å². The molecule has 2 nitrogen and oxygen atoms in total. The standard InChI is InChI=1S/C18H28O2/c1-6-7-8-9-13(2)16-12-14(18(3,4)5)10-11-15(16)17(19)20/h10-13H,6-9H2,1-5H3,(H,19,20). The van der Waals surface area contributed by atoms with Crippen LogP contribution in [-0.4, -0.2) is 11.1 Å². The van der Waals surface area contributed by atoms with E-state index in [1.807, 2.05) is 6.07 Å². The van der Waals surface area contributed by atoms with Crippen molar-refractivity contribution in [2.24, 2.45) is 0 Å². The summed E-state index contributed by atoms with van der Waals surface area (Å²) in [5.74, 6) is -0.516. The van der Waals surface area contributed by atoms with Gasteiger partial charge in [0.2, 0.25) is 0 Å². The lowest BCUT2D eigenvalue weighted by molar-refractivity contribution is 0.0695. The van der Waals surface area contributed by atoms with Crippen molar-refractivity contribution in [3.63, 3.8) is 0 Å². The van der Waals surface area contributed by atoms with Crippen LogP contribution in [0.4, 0.5) is 0 Å². The molecule has 1 atom stereocenters. The van der Waals surface area contributed by atoms with Gasteiger partial charge in [-0.2, -0.15) is 0 Å². The molecule has 0 saturated heterocycles. The first kappa shape index (κ1) is 16.7. The van der Waals surface area contributed by atoms with Crippen LogP contribution in [0.25, 0.3) is 0 Å². The topological polar surface area (TPSA) is 37.3 Å². The summed E-state index contributed by atoms with van der Waals surface area (Å²) >= 11 is 0. The van der Waals surface area contributed by atoms with Gasteiger partial charge in [0.15, 0.2) is 0 Å². The average molecular weight is 276 g/mol. The molecule has 0 heterocycles. The molecule has 0 fully saturated rings. The summed E-state index contributed by atoms with van der Waals surface area (Å²) in [7, 11) is 0. The molecule has 0 saturated carbocycles. The van der Waals surface area contributed by atoms with E-state index in [4.69, 9.17) is 0 Å². The lowest BCUT2D eigenvalue weighted by Gasteiger charge is -2.23. The van der Waals surface area contributed by atoms with E-state index < -0.39 is 5.97 Å². The highest BCUT2D eigenvalue weighted by molar-refractivity contribution is 5.89. The first-order valence-electron chi connectivity index (χ1n) is 7.65. The molecule has 0 aliphatic heterocycles. The normalized spacial score (nSPS) is 13.2. The van der Waals surface area contributed by atoms with Crippen molar-refractivity contribution >= 4 is 5.97 Å². The molecule has 0 aliphatic rings.